The molecular weight excluding hydrogens is 228 g/mol. The van der Waals surface area contributed by atoms with Gasteiger partial charge in [-0.2, -0.15) is 4.98 Å². The zero-order valence-corrected chi connectivity index (χ0v) is 9.67. The first-order chi connectivity index (χ1) is 7.70. The molecule has 16 heavy (non-hydrogen) atoms. The summed E-state index contributed by atoms with van der Waals surface area (Å²) in [7, 11) is 0. The van der Waals surface area contributed by atoms with Gasteiger partial charge in [0.25, 0.3) is 5.88 Å². The summed E-state index contributed by atoms with van der Waals surface area (Å²) >= 11 is 1.47. The van der Waals surface area contributed by atoms with Crippen molar-refractivity contribution in [1.29, 1.82) is 0 Å². The average Bonchev–Trinajstić information content (AvgIpc) is 2.65. The lowest BCUT2D eigenvalue weighted by Gasteiger charge is -2.03. The molecule has 2 aromatic heterocycles. The largest absolute Gasteiger partial charge is 0.405 e. The van der Waals surface area contributed by atoms with Crippen LogP contribution >= 0.6 is 11.8 Å². The monoisotopic (exact) mass is 238 g/mol. The van der Waals surface area contributed by atoms with Crippen molar-refractivity contribution in [3.05, 3.63) is 6.33 Å². The summed E-state index contributed by atoms with van der Waals surface area (Å²) in [6, 6.07) is 0. The van der Waals surface area contributed by atoms with E-state index in [1.165, 1.54) is 25.0 Å². The maximum atomic E-state index is 10.9. The van der Waals surface area contributed by atoms with Crippen LogP contribution in [0, 0.1) is 0 Å². The number of thioether (sulfide) groups is 1. The Kier molecular flexibility index (Phi) is 3.04. The third-order valence-electron chi connectivity index (χ3n) is 1.75. The third-order valence-corrected chi connectivity index (χ3v) is 2.48. The molecule has 7 heteroatoms. The first-order valence-electron chi connectivity index (χ1n) is 4.73. The summed E-state index contributed by atoms with van der Waals surface area (Å²) in [6.45, 7) is 3.32. The quantitative estimate of drug-likeness (QED) is 0.494. The van der Waals surface area contributed by atoms with Crippen molar-refractivity contribution in [3.63, 3.8) is 0 Å². The summed E-state index contributed by atoms with van der Waals surface area (Å²) in [6.07, 6.45) is 1.49. The second-order valence-electron chi connectivity index (χ2n) is 2.94. The van der Waals surface area contributed by atoms with E-state index < -0.39 is 5.97 Å². The number of aromatic nitrogens is 4. The van der Waals surface area contributed by atoms with Gasteiger partial charge in [0, 0.05) is 6.92 Å². The van der Waals surface area contributed by atoms with Gasteiger partial charge in [-0.15, -0.1) is 0 Å². The highest BCUT2D eigenvalue weighted by Crippen LogP contribution is 2.23. The molecule has 0 aromatic carbocycles. The van der Waals surface area contributed by atoms with Gasteiger partial charge in [0.2, 0.25) is 0 Å². The molecule has 0 atom stereocenters. The van der Waals surface area contributed by atoms with Gasteiger partial charge in [0.05, 0.1) is 6.33 Å². The zero-order valence-electron chi connectivity index (χ0n) is 8.85. The number of nitrogens with zero attached hydrogens (tertiary/aromatic N) is 3. The number of nitrogens with one attached hydrogen (secondary N) is 1. The fourth-order valence-electron chi connectivity index (χ4n) is 1.19. The van der Waals surface area contributed by atoms with E-state index in [4.69, 9.17) is 4.74 Å². The standard InChI is InChI=1S/C9H10N4O2S/c1-3-16-9-12-7-6(10-4-11-7)8(13-9)15-5(2)14/h4H,3H2,1-2H3,(H,10,11,12,13). The van der Waals surface area contributed by atoms with E-state index in [0.29, 0.717) is 16.3 Å². The van der Waals surface area contributed by atoms with Crippen molar-refractivity contribution in [2.45, 2.75) is 19.0 Å². The van der Waals surface area contributed by atoms with Gasteiger partial charge in [-0.1, -0.05) is 18.7 Å². The van der Waals surface area contributed by atoms with Crippen molar-refractivity contribution in [2.75, 3.05) is 5.75 Å². The van der Waals surface area contributed by atoms with E-state index in [1.807, 2.05) is 6.92 Å². The minimum atomic E-state index is -0.415. The maximum Gasteiger partial charge on any atom is 0.309 e. The molecule has 0 spiro atoms. The Morgan fingerprint density at radius 3 is 3.06 bits per heavy atom. The first kappa shape index (κ1) is 10.9. The molecule has 1 N–H and O–H groups in total. The molecule has 0 unspecified atom stereocenters. The van der Waals surface area contributed by atoms with Gasteiger partial charge in [-0.25, -0.2) is 9.97 Å². The van der Waals surface area contributed by atoms with Crippen molar-refractivity contribution >= 4 is 28.9 Å². The number of aromatic amines is 1. The van der Waals surface area contributed by atoms with Crippen LogP contribution in [0.15, 0.2) is 11.5 Å². The fourth-order valence-corrected chi connectivity index (χ4v) is 1.75. The summed E-state index contributed by atoms with van der Waals surface area (Å²) in [4.78, 5) is 26.1. The Labute approximate surface area is 95.8 Å². The Morgan fingerprint density at radius 2 is 2.38 bits per heavy atom. The highest BCUT2D eigenvalue weighted by atomic mass is 32.2. The van der Waals surface area contributed by atoms with Gasteiger partial charge < -0.3 is 9.72 Å². The molecule has 84 valence electrons. The second kappa shape index (κ2) is 4.48. The number of fused-ring (bicyclic) bond motifs is 1. The third kappa shape index (κ3) is 2.13. The molecule has 0 aliphatic carbocycles. The molecule has 2 heterocycles. The Balaban J connectivity index is 2.49. The van der Waals surface area contributed by atoms with Crippen LogP contribution in [0.25, 0.3) is 11.2 Å². The van der Waals surface area contributed by atoms with Gasteiger partial charge in [0.15, 0.2) is 10.8 Å². The minimum absolute atomic E-state index is 0.228. The Morgan fingerprint density at radius 1 is 1.56 bits per heavy atom. The number of carbonyl (C=O) groups is 1. The van der Waals surface area contributed by atoms with E-state index in [0.717, 1.165) is 5.75 Å². The van der Waals surface area contributed by atoms with E-state index in [2.05, 4.69) is 19.9 Å². The number of imidazole rings is 1. The Hall–Kier alpha value is -1.63. The van der Waals surface area contributed by atoms with Crippen molar-refractivity contribution < 1.29 is 9.53 Å². The normalized spacial score (nSPS) is 10.6. The molecule has 0 aliphatic rings. The van der Waals surface area contributed by atoms with Gasteiger partial charge >= 0.3 is 5.97 Å². The molecule has 0 aliphatic heterocycles. The molecule has 2 rings (SSSR count). The number of hydrogen-bond donors (Lipinski definition) is 1. The fraction of sp³-hybridized carbons (Fsp3) is 0.333. The van der Waals surface area contributed by atoms with Crippen LogP contribution in [0.3, 0.4) is 0 Å². The first-order valence-corrected chi connectivity index (χ1v) is 5.71. The van der Waals surface area contributed by atoms with E-state index >= 15 is 0 Å². The molecular formula is C9H10N4O2S. The molecule has 2 aromatic rings. The zero-order chi connectivity index (χ0) is 11.5. The lowest BCUT2D eigenvalue weighted by molar-refractivity contribution is -0.132. The lowest BCUT2D eigenvalue weighted by atomic mass is 10.5. The minimum Gasteiger partial charge on any atom is -0.405 e. The predicted octanol–water partition coefficient (Wildman–Crippen LogP) is 1.39. The van der Waals surface area contributed by atoms with Crippen LogP contribution in [0.1, 0.15) is 13.8 Å². The highest BCUT2D eigenvalue weighted by Gasteiger charge is 2.12. The smallest absolute Gasteiger partial charge is 0.309 e. The van der Waals surface area contributed by atoms with Crippen molar-refractivity contribution in [3.8, 4) is 5.88 Å². The van der Waals surface area contributed by atoms with Gasteiger partial charge in [-0.3, -0.25) is 4.79 Å². The predicted molar refractivity (Wildman–Crippen MR) is 59.4 cm³/mol. The molecule has 0 fully saturated rings. The average molecular weight is 238 g/mol. The second-order valence-corrected chi connectivity index (χ2v) is 4.17. The maximum absolute atomic E-state index is 10.9. The number of H-pyrrole nitrogens is 1. The number of hydrogen-bond acceptors (Lipinski definition) is 6. The highest BCUT2D eigenvalue weighted by molar-refractivity contribution is 7.99. The number of rotatable bonds is 3. The van der Waals surface area contributed by atoms with E-state index in [-0.39, 0.29) is 5.88 Å². The van der Waals surface area contributed by atoms with Crippen LogP contribution in [0.5, 0.6) is 5.88 Å². The summed E-state index contributed by atoms with van der Waals surface area (Å²) < 4.78 is 5.00. The van der Waals surface area contributed by atoms with Crippen LogP contribution in [-0.4, -0.2) is 31.7 Å². The SMILES string of the molecule is CCSc1nc(OC(C)=O)c2[nH]cnc2n1. The topological polar surface area (TPSA) is 80.8 Å². The number of carbonyl (C=O) groups excluding carboxylic acids is 1. The summed E-state index contributed by atoms with van der Waals surface area (Å²) in [5.74, 6) is 0.656. The summed E-state index contributed by atoms with van der Waals surface area (Å²) in [5.41, 5.74) is 1.04. The van der Waals surface area contributed by atoms with Gasteiger partial charge in [0.1, 0.15) is 5.52 Å². The molecule has 0 radical (unpaired) electrons. The van der Waals surface area contributed by atoms with E-state index in [9.17, 15) is 4.79 Å². The Bertz CT molecular complexity index is 525. The molecule has 0 bridgehead atoms. The van der Waals surface area contributed by atoms with Crippen molar-refractivity contribution in [1.82, 2.24) is 19.9 Å². The van der Waals surface area contributed by atoms with Crippen LogP contribution < -0.4 is 4.74 Å². The van der Waals surface area contributed by atoms with Crippen molar-refractivity contribution in [2.24, 2.45) is 0 Å². The number of ether oxygens (including phenoxy) is 1. The lowest BCUT2D eigenvalue weighted by Crippen LogP contribution is -2.05. The summed E-state index contributed by atoms with van der Waals surface area (Å²) in [5, 5.41) is 0.554. The molecule has 0 amide bonds. The molecule has 0 saturated heterocycles. The van der Waals surface area contributed by atoms with Crippen LogP contribution in [0.4, 0.5) is 0 Å². The molecule has 0 saturated carbocycles. The van der Waals surface area contributed by atoms with Crippen LogP contribution in [-0.2, 0) is 4.79 Å². The van der Waals surface area contributed by atoms with E-state index in [1.54, 1.807) is 0 Å². The van der Waals surface area contributed by atoms with Crippen LogP contribution in [0.2, 0.25) is 0 Å². The molecule has 6 nitrogen and oxygen atoms in total. The van der Waals surface area contributed by atoms with Gasteiger partial charge in [-0.05, 0) is 5.75 Å². The number of esters is 1.